The minimum Gasteiger partial charge on any atom is -0.486 e. The molecule has 1 aromatic heterocycles. The average molecular weight is 330 g/mol. The van der Waals surface area contributed by atoms with E-state index >= 15 is 0 Å². The van der Waals surface area contributed by atoms with E-state index in [1.807, 2.05) is 0 Å². The second-order valence-corrected chi connectivity index (χ2v) is 5.82. The highest BCUT2D eigenvalue weighted by Gasteiger charge is 2.22. The lowest BCUT2D eigenvalue weighted by Gasteiger charge is -2.25. The molecule has 1 saturated carbocycles. The first-order valence-corrected chi connectivity index (χ1v) is 8.05. The van der Waals surface area contributed by atoms with Gasteiger partial charge in [-0.25, -0.2) is 4.98 Å². The van der Waals surface area contributed by atoms with Crippen LogP contribution in [0.3, 0.4) is 0 Å². The lowest BCUT2D eigenvalue weighted by molar-refractivity contribution is 0.0911. The van der Waals surface area contributed by atoms with Crippen LogP contribution in [0.1, 0.15) is 35.6 Å². The van der Waals surface area contributed by atoms with Crippen molar-refractivity contribution in [2.45, 2.75) is 31.9 Å². The fourth-order valence-electron chi connectivity index (χ4n) is 2.55. The van der Waals surface area contributed by atoms with Crippen molar-refractivity contribution in [3.05, 3.63) is 36.0 Å². The highest BCUT2D eigenvalue weighted by molar-refractivity contribution is 5.92. The summed E-state index contributed by atoms with van der Waals surface area (Å²) in [5.74, 6) is 2.14. The first kappa shape index (κ1) is 14.9. The normalized spacial score (nSPS) is 16.3. The molecule has 0 atom stereocenters. The van der Waals surface area contributed by atoms with Crippen LogP contribution in [0.25, 0.3) is 0 Å². The molecule has 1 aliphatic heterocycles. The van der Waals surface area contributed by atoms with Crippen molar-refractivity contribution < 1.29 is 23.4 Å². The second kappa shape index (κ2) is 6.43. The van der Waals surface area contributed by atoms with Crippen LogP contribution in [0.4, 0.5) is 0 Å². The zero-order valence-corrected chi connectivity index (χ0v) is 13.1. The number of aromatic nitrogens is 1. The van der Waals surface area contributed by atoms with Gasteiger partial charge in [-0.15, -0.1) is 0 Å². The molecule has 126 valence electrons. The van der Waals surface area contributed by atoms with Gasteiger partial charge in [-0.3, -0.25) is 4.79 Å². The molecular formula is C17H18N2O5. The van der Waals surface area contributed by atoms with Crippen LogP contribution in [0.5, 0.6) is 17.2 Å². The lowest BCUT2D eigenvalue weighted by Crippen LogP contribution is -2.39. The number of rotatable bonds is 5. The zero-order chi connectivity index (χ0) is 16.4. The van der Waals surface area contributed by atoms with Gasteiger partial charge in [-0.1, -0.05) is 0 Å². The van der Waals surface area contributed by atoms with Crippen molar-refractivity contribution in [2.75, 3.05) is 13.2 Å². The minimum absolute atomic E-state index is 0.135. The Balaban J connectivity index is 1.35. The Morgan fingerprint density at radius 2 is 2.08 bits per heavy atom. The molecule has 0 unspecified atom stereocenters. The molecule has 0 spiro atoms. The molecule has 7 heteroatoms. The number of hydrogen-bond acceptors (Lipinski definition) is 6. The van der Waals surface area contributed by atoms with Gasteiger partial charge in [-0.2, -0.15) is 0 Å². The summed E-state index contributed by atoms with van der Waals surface area (Å²) < 4.78 is 21.9. The maximum absolute atomic E-state index is 12.0. The van der Waals surface area contributed by atoms with E-state index < -0.39 is 0 Å². The summed E-state index contributed by atoms with van der Waals surface area (Å²) in [6, 6.07) is 5.63. The molecule has 2 aromatic rings. The number of carbonyl (C=O) groups is 1. The molecule has 0 radical (unpaired) electrons. The Labute approximate surface area is 138 Å². The summed E-state index contributed by atoms with van der Waals surface area (Å²) in [5.41, 5.74) is 0.280. The highest BCUT2D eigenvalue weighted by atomic mass is 16.6. The number of fused-ring (bicyclic) bond motifs is 1. The number of nitrogens with zero attached hydrogens (tertiary/aromatic N) is 1. The van der Waals surface area contributed by atoms with E-state index in [9.17, 15) is 4.79 Å². The predicted octanol–water partition coefficient (Wildman–Crippen LogP) is 2.31. The number of benzene rings is 1. The van der Waals surface area contributed by atoms with Gasteiger partial charge in [0.25, 0.3) is 5.91 Å². The molecule has 24 heavy (non-hydrogen) atoms. The Morgan fingerprint density at radius 3 is 2.88 bits per heavy atom. The van der Waals surface area contributed by atoms with Gasteiger partial charge in [0, 0.05) is 12.1 Å². The first-order valence-electron chi connectivity index (χ1n) is 8.05. The van der Waals surface area contributed by atoms with Crippen LogP contribution in [0, 0.1) is 0 Å². The molecular weight excluding hydrogens is 312 g/mol. The quantitative estimate of drug-likeness (QED) is 0.906. The number of nitrogens with one attached hydrogen (secondary N) is 1. The van der Waals surface area contributed by atoms with Crippen molar-refractivity contribution in [2.24, 2.45) is 0 Å². The van der Waals surface area contributed by atoms with Crippen molar-refractivity contribution in [1.82, 2.24) is 10.3 Å². The van der Waals surface area contributed by atoms with E-state index in [0.717, 1.165) is 12.8 Å². The third kappa shape index (κ3) is 3.15. The summed E-state index contributed by atoms with van der Waals surface area (Å²) in [5, 5.41) is 2.92. The average Bonchev–Trinajstić information content (AvgIpc) is 3.05. The fraction of sp³-hybridized carbons (Fsp3) is 0.412. The highest BCUT2D eigenvalue weighted by Crippen LogP contribution is 2.33. The molecule has 1 amide bonds. The Kier molecular flexibility index (Phi) is 3.98. The van der Waals surface area contributed by atoms with Crippen LogP contribution in [0.15, 0.2) is 28.9 Å². The maximum atomic E-state index is 12.0. The van der Waals surface area contributed by atoms with Crippen molar-refractivity contribution in [3.63, 3.8) is 0 Å². The third-order valence-corrected chi connectivity index (χ3v) is 4.10. The SMILES string of the molecule is O=C(NC1CCC1)c1coc(COc2ccc3c(c2)OCCO3)n1. The number of carbonyl (C=O) groups excluding carboxylic acids is 1. The fourth-order valence-corrected chi connectivity index (χ4v) is 2.55. The number of hydrogen-bond donors (Lipinski definition) is 1. The summed E-state index contributed by atoms with van der Waals surface area (Å²) in [4.78, 5) is 16.2. The monoisotopic (exact) mass is 330 g/mol. The van der Waals surface area contributed by atoms with E-state index in [1.54, 1.807) is 18.2 Å². The van der Waals surface area contributed by atoms with Gasteiger partial charge in [0.05, 0.1) is 0 Å². The van der Waals surface area contributed by atoms with Crippen LogP contribution in [0.2, 0.25) is 0 Å². The van der Waals surface area contributed by atoms with Crippen molar-refractivity contribution >= 4 is 5.91 Å². The summed E-state index contributed by atoms with van der Waals surface area (Å²) >= 11 is 0. The molecule has 2 heterocycles. The molecule has 0 bridgehead atoms. The molecule has 1 N–H and O–H groups in total. The van der Waals surface area contributed by atoms with E-state index in [0.29, 0.717) is 36.4 Å². The molecule has 1 aliphatic carbocycles. The molecule has 7 nitrogen and oxygen atoms in total. The summed E-state index contributed by atoms with van der Waals surface area (Å²) in [7, 11) is 0. The van der Waals surface area contributed by atoms with Crippen LogP contribution in [-0.4, -0.2) is 30.1 Å². The van der Waals surface area contributed by atoms with Crippen LogP contribution >= 0.6 is 0 Å². The van der Waals surface area contributed by atoms with E-state index in [1.165, 1.54) is 12.7 Å². The smallest absolute Gasteiger partial charge is 0.273 e. The lowest BCUT2D eigenvalue weighted by atomic mass is 9.93. The van der Waals surface area contributed by atoms with Crippen LogP contribution < -0.4 is 19.5 Å². The standard InChI is InChI=1S/C17H18N2O5/c20-17(18-11-2-1-3-11)13-9-24-16(19-13)10-23-12-4-5-14-15(8-12)22-7-6-21-14/h4-5,8-9,11H,1-3,6-7,10H2,(H,18,20). The largest absolute Gasteiger partial charge is 0.486 e. The Morgan fingerprint density at radius 1 is 1.25 bits per heavy atom. The molecule has 0 saturated heterocycles. The number of ether oxygens (including phenoxy) is 3. The Bertz CT molecular complexity index is 738. The van der Waals surface area contributed by atoms with E-state index in [2.05, 4.69) is 10.3 Å². The minimum atomic E-state index is -0.200. The van der Waals surface area contributed by atoms with Crippen molar-refractivity contribution in [3.8, 4) is 17.2 Å². The van der Waals surface area contributed by atoms with Gasteiger partial charge in [0.1, 0.15) is 25.2 Å². The maximum Gasteiger partial charge on any atom is 0.273 e. The molecule has 2 aliphatic rings. The second-order valence-electron chi connectivity index (χ2n) is 5.82. The molecule has 1 fully saturated rings. The van der Waals surface area contributed by atoms with Crippen LogP contribution in [-0.2, 0) is 6.61 Å². The van der Waals surface area contributed by atoms with Gasteiger partial charge < -0.3 is 23.9 Å². The van der Waals surface area contributed by atoms with Gasteiger partial charge in [0.15, 0.2) is 23.8 Å². The zero-order valence-electron chi connectivity index (χ0n) is 13.1. The van der Waals surface area contributed by atoms with Gasteiger partial charge in [-0.05, 0) is 31.4 Å². The number of amides is 1. The summed E-state index contributed by atoms with van der Waals surface area (Å²) in [6.45, 7) is 1.21. The molecule has 4 rings (SSSR count). The van der Waals surface area contributed by atoms with E-state index in [-0.39, 0.29) is 24.2 Å². The number of oxazole rings is 1. The summed E-state index contributed by atoms with van der Waals surface area (Å²) in [6.07, 6.45) is 4.59. The first-order chi connectivity index (χ1) is 11.8. The predicted molar refractivity (Wildman–Crippen MR) is 83.4 cm³/mol. The van der Waals surface area contributed by atoms with E-state index in [4.69, 9.17) is 18.6 Å². The third-order valence-electron chi connectivity index (χ3n) is 4.10. The topological polar surface area (TPSA) is 82.8 Å². The van der Waals surface area contributed by atoms with Gasteiger partial charge >= 0.3 is 0 Å². The molecule has 1 aromatic carbocycles. The van der Waals surface area contributed by atoms with Crippen molar-refractivity contribution in [1.29, 1.82) is 0 Å². The van der Waals surface area contributed by atoms with Gasteiger partial charge in [0.2, 0.25) is 5.89 Å². The Hall–Kier alpha value is -2.70.